The lowest BCUT2D eigenvalue weighted by Gasteiger charge is -2.60. The highest BCUT2D eigenvalue weighted by Crippen LogP contribution is 2.48. The van der Waals surface area contributed by atoms with Crippen LogP contribution >= 0.6 is 0 Å². The molecule has 2 bridgehead atoms. The summed E-state index contributed by atoms with van der Waals surface area (Å²) in [5, 5.41) is 13.4. The summed E-state index contributed by atoms with van der Waals surface area (Å²) in [5.74, 6) is -2.29. The zero-order chi connectivity index (χ0) is 31.6. The number of hydrogen-bond acceptors (Lipinski definition) is 12. The van der Waals surface area contributed by atoms with Crippen LogP contribution in [-0.2, 0) is 28.7 Å². The fourth-order valence-corrected chi connectivity index (χ4v) is 7.51. The molecular formula is C31H30N6O7. The van der Waals surface area contributed by atoms with Gasteiger partial charge < -0.3 is 14.8 Å². The molecule has 0 radical (unpaired) electrons. The lowest BCUT2D eigenvalue weighted by atomic mass is 9.67. The van der Waals surface area contributed by atoms with Gasteiger partial charge in [-0.15, -0.1) is 0 Å². The third kappa shape index (κ3) is 4.01. The fraction of sp³-hybridized carbons (Fsp3) is 0.419. The highest BCUT2D eigenvalue weighted by atomic mass is 16.5. The van der Waals surface area contributed by atoms with Crippen LogP contribution in [0.5, 0.6) is 0 Å². The Kier molecular flexibility index (Phi) is 7.14. The van der Waals surface area contributed by atoms with Crippen molar-refractivity contribution < 1.29 is 33.4 Å². The highest BCUT2D eigenvalue weighted by molar-refractivity contribution is 6.26. The number of carbonyl (C=O) groups is 5. The number of hydrogen-bond donors (Lipinski definition) is 1. The molecule has 5 aliphatic rings. The van der Waals surface area contributed by atoms with Crippen molar-refractivity contribution in [1.82, 2.24) is 25.1 Å². The van der Waals surface area contributed by atoms with Gasteiger partial charge in [0, 0.05) is 64.5 Å². The maximum absolute atomic E-state index is 13.9. The second-order valence-electron chi connectivity index (χ2n) is 11.4. The van der Waals surface area contributed by atoms with E-state index in [1.807, 2.05) is 9.80 Å². The number of fused-ring (bicyclic) bond motifs is 5. The van der Waals surface area contributed by atoms with E-state index < -0.39 is 47.7 Å². The topological polar surface area (TPSA) is 172 Å². The molecule has 1 amide bonds. The second-order valence-corrected chi connectivity index (χ2v) is 11.4. The predicted molar refractivity (Wildman–Crippen MR) is 151 cm³/mol. The zero-order valence-corrected chi connectivity index (χ0v) is 24.8. The highest BCUT2D eigenvalue weighted by Gasteiger charge is 2.59. The van der Waals surface area contributed by atoms with Crippen molar-refractivity contribution in [2.75, 3.05) is 27.8 Å². The summed E-state index contributed by atoms with van der Waals surface area (Å²) < 4.78 is 10.7. The summed E-state index contributed by atoms with van der Waals surface area (Å²) in [5.41, 5.74) is 1.41. The number of rotatable bonds is 5. The predicted octanol–water partition coefficient (Wildman–Crippen LogP) is 0.365. The summed E-state index contributed by atoms with van der Waals surface area (Å²) in [6, 6.07) is -1.32. The van der Waals surface area contributed by atoms with Gasteiger partial charge in [0.05, 0.1) is 38.6 Å². The molecule has 44 heavy (non-hydrogen) atoms. The molecule has 4 heterocycles. The number of piperazine rings is 1. The van der Waals surface area contributed by atoms with E-state index in [1.165, 1.54) is 39.7 Å². The van der Waals surface area contributed by atoms with Crippen molar-refractivity contribution in [1.29, 1.82) is 5.26 Å². The Labute approximate surface area is 252 Å². The number of likely N-dealkylation sites (N-methyl/N-ethyl adjacent to an activating group) is 1. The van der Waals surface area contributed by atoms with Gasteiger partial charge in [-0.05, 0) is 33.7 Å². The molecule has 5 atom stereocenters. The average molecular weight is 599 g/mol. The molecule has 13 heteroatoms. The van der Waals surface area contributed by atoms with E-state index in [2.05, 4.69) is 21.4 Å². The van der Waals surface area contributed by atoms with E-state index in [0.717, 1.165) is 0 Å². The first-order chi connectivity index (χ1) is 21.1. The molecule has 0 aromatic carbocycles. The minimum atomic E-state index is -0.932. The first-order valence-corrected chi connectivity index (χ1v) is 14.1. The number of nitrogens with one attached hydrogen (secondary N) is 1. The Bertz CT molecular complexity index is 1720. The van der Waals surface area contributed by atoms with E-state index in [1.54, 1.807) is 14.0 Å². The Morgan fingerprint density at radius 1 is 0.955 bits per heavy atom. The SMILES string of the molecule is COC1=C(C)C(=O)C2=C(C1=O)[C@@H]1[C@@H]3CC4=C(C(=O)C(OC)=C(C)C4=O)[C@H](CNC(=O)c4cnccn4)N3[C@@H](C#N)[C@H](C2)N1C. The molecule has 1 N–H and O–H groups in total. The molecular weight excluding hydrogens is 568 g/mol. The van der Waals surface area contributed by atoms with Gasteiger partial charge in [-0.1, -0.05) is 0 Å². The van der Waals surface area contributed by atoms with Crippen molar-refractivity contribution in [2.45, 2.75) is 56.9 Å². The number of Topliss-reactive ketones (excluding diaryl/α,β-unsaturated/α-hetero) is 4. The molecule has 1 fully saturated rings. The average Bonchev–Trinajstić information content (AvgIpc) is 3.02. The Balaban J connectivity index is 1.51. The van der Waals surface area contributed by atoms with Gasteiger partial charge in [0.2, 0.25) is 11.6 Å². The number of ether oxygens (including phenoxy) is 2. The van der Waals surface area contributed by atoms with Gasteiger partial charge >= 0.3 is 0 Å². The van der Waals surface area contributed by atoms with Crippen LogP contribution < -0.4 is 5.32 Å². The number of allylic oxidation sites excluding steroid dienone is 4. The number of aromatic nitrogens is 2. The minimum absolute atomic E-state index is 0.0337. The molecule has 2 aliphatic carbocycles. The number of amides is 1. The van der Waals surface area contributed by atoms with Crippen molar-refractivity contribution in [3.63, 3.8) is 0 Å². The van der Waals surface area contributed by atoms with Gasteiger partial charge in [0.1, 0.15) is 11.7 Å². The van der Waals surface area contributed by atoms with Crippen LogP contribution in [0.3, 0.4) is 0 Å². The number of nitrogens with zero attached hydrogens (tertiary/aromatic N) is 5. The Morgan fingerprint density at radius 3 is 2.11 bits per heavy atom. The Morgan fingerprint density at radius 2 is 1.55 bits per heavy atom. The summed E-state index contributed by atoms with van der Waals surface area (Å²) >= 11 is 0. The molecule has 13 nitrogen and oxygen atoms in total. The lowest BCUT2D eigenvalue weighted by molar-refractivity contribution is -0.125. The maximum atomic E-state index is 13.9. The van der Waals surface area contributed by atoms with Crippen LogP contribution in [0.2, 0.25) is 0 Å². The first-order valence-electron chi connectivity index (χ1n) is 14.1. The third-order valence-corrected chi connectivity index (χ3v) is 9.47. The number of carbonyl (C=O) groups excluding carboxylic acids is 5. The van der Waals surface area contributed by atoms with Crippen molar-refractivity contribution in [3.05, 3.63) is 69.2 Å². The quantitative estimate of drug-likeness (QED) is 0.462. The molecule has 6 rings (SSSR count). The summed E-state index contributed by atoms with van der Waals surface area (Å²) in [7, 11) is 4.45. The second kappa shape index (κ2) is 10.7. The molecule has 1 saturated heterocycles. The van der Waals surface area contributed by atoms with Crippen LogP contribution in [0.1, 0.15) is 37.2 Å². The molecule has 3 aliphatic heterocycles. The smallest absolute Gasteiger partial charge is 0.271 e. The zero-order valence-electron chi connectivity index (χ0n) is 24.8. The van der Waals surface area contributed by atoms with E-state index in [-0.39, 0.29) is 76.0 Å². The van der Waals surface area contributed by atoms with E-state index in [4.69, 9.17) is 9.47 Å². The van der Waals surface area contributed by atoms with Gasteiger partial charge in [0.25, 0.3) is 5.91 Å². The largest absolute Gasteiger partial charge is 0.492 e. The van der Waals surface area contributed by atoms with Gasteiger partial charge in [-0.25, -0.2) is 4.98 Å². The molecule has 0 saturated carbocycles. The molecule has 0 spiro atoms. The van der Waals surface area contributed by atoms with E-state index in [0.29, 0.717) is 5.57 Å². The van der Waals surface area contributed by atoms with Crippen LogP contribution in [0.25, 0.3) is 0 Å². The molecule has 1 aromatic rings. The molecule has 0 unspecified atom stereocenters. The number of nitriles is 1. The fourth-order valence-electron chi connectivity index (χ4n) is 7.51. The van der Waals surface area contributed by atoms with Gasteiger partial charge in [-0.2, -0.15) is 5.26 Å². The number of methoxy groups -OCH3 is 2. The van der Waals surface area contributed by atoms with E-state index in [9.17, 15) is 29.2 Å². The molecule has 1 aromatic heterocycles. The van der Waals surface area contributed by atoms with Crippen molar-refractivity contribution in [2.24, 2.45) is 0 Å². The monoisotopic (exact) mass is 598 g/mol. The number of ketones is 4. The van der Waals surface area contributed by atoms with E-state index >= 15 is 0 Å². The summed E-state index contributed by atoms with van der Waals surface area (Å²) in [6.07, 6.45) is 4.27. The Hall–Kier alpha value is -4.80. The normalized spacial score (nSPS) is 28.9. The third-order valence-electron chi connectivity index (χ3n) is 9.47. The molecule has 226 valence electrons. The van der Waals surface area contributed by atoms with Crippen LogP contribution in [0.4, 0.5) is 0 Å². The first kappa shape index (κ1) is 29.3. The standard InChI is InChI=1S/C31H30N6O7/c1-13-25(38)15-9-19-24-23-16(26(39)14(2)30(44-5)28(23)41)8-18(36(24)3)20(10-32)37(19)21(22(15)27(40)29(13)43-4)12-35-31(42)17-11-33-6-7-34-17/h6-7,11,18-21,24H,8-9,12H2,1-5H3,(H,35,42)/t18-,19-,20-,21-,24-/m0/s1. The van der Waals surface area contributed by atoms with Crippen molar-refractivity contribution in [3.8, 4) is 6.07 Å². The maximum Gasteiger partial charge on any atom is 0.271 e. The minimum Gasteiger partial charge on any atom is -0.492 e. The van der Waals surface area contributed by atoms with Gasteiger partial charge in [-0.3, -0.25) is 38.8 Å². The van der Waals surface area contributed by atoms with Gasteiger partial charge in [0.15, 0.2) is 23.1 Å². The van der Waals surface area contributed by atoms with Crippen LogP contribution in [0, 0.1) is 11.3 Å². The lowest BCUT2D eigenvalue weighted by Crippen LogP contribution is -2.74. The summed E-state index contributed by atoms with van der Waals surface area (Å²) in [6.45, 7) is 2.92. The van der Waals surface area contributed by atoms with Crippen molar-refractivity contribution >= 4 is 29.0 Å². The van der Waals surface area contributed by atoms with Crippen LogP contribution in [-0.4, -0.2) is 107 Å². The summed E-state index contributed by atoms with van der Waals surface area (Å²) in [4.78, 5) is 79.9. The van der Waals surface area contributed by atoms with Crippen LogP contribution in [0.15, 0.2) is 63.5 Å².